The summed E-state index contributed by atoms with van der Waals surface area (Å²) in [4.78, 5) is 12.7. The van der Waals surface area contributed by atoms with Crippen LogP contribution in [0.3, 0.4) is 0 Å². The van der Waals surface area contributed by atoms with E-state index in [4.69, 9.17) is 37.4 Å². The molecule has 7 nitrogen and oxygen atoms in total. The van der Waals surface area contributed by atoms with Crippen LogP contribution in [0.2, 0.25) is 10.0 Å². The summed E-state index contributed by atoms with van der Waals surface area (Å²) in [5.74, 6) is 0.744. The van der Waals surface area contributed by atoms with Crippen molar-refractivity contribution in [1.29, 1.82) is 0 Å². The summed E-state index contributed by atoms with van der Waals surface area (Å²) < 4.78 is 16.9. The number of aliphatic hydroxyl groups is 1. The molecule has 0 saturated carbocycles. The summed E-state index contributed by atoms with van der Waals surface area (Å²) in [6.45, 7) is 4.50. The number of benzene rings is 3. The van der Waals surface area contributed by atoms with Gasteiger partial charge in [0.15, 0.2) is 0 Å². The third-order valence-electron chi connectivity index (χ3n) is 6.81. The van der Waals surface area contributed by atoms with Crippen LogP contribution in [0.1, 0.15) is 40.8 Å². The summed E-state index contributed by atoms with van der Waals surface area (Å²) >= 11 is 12.4. The van der Waals surface area contributed by atoms with Crippen molar-refractivity contribution < 1.29 is 24.1 Å². The molecule has 40 heavy (non-hydrogen) atoms. The van der Waals surface area contributed by atoms with Crippen molar-refractivity contribution in [2.75, 3.05) is 20.3 Å². The molecule has 9 heteroatoms. The van der Waals surface area contributed by atoms with Gasteiger partial charge in [-0.05, 0) is 65.4 Å². The number of fused-ring (bicyclic) bond motifs is 1. The Morgan fingerprint density at radius 1 is 1.07 bits per heavy atom. The second kappa shape index (κ2) is 14.5. The van der Waals surface area contributed by atoms with Crippen LogP contribution in [0.15, 0.2) is 79.4 Å². The third kappa shape index (κ3) is 8.22. The van der Waals surface area contributed by atoms with Gasteiger partial charge in [-0.1, -0.05) is 65.7 Å². The van der Waals surface area contributed by atoms with E-state index in [1.54, 1.807) is 31.4 Å². The lowest BCUT2D eigenvalue weighted by Gasteiger charge is -2.26. The van der Waals surface area contributed by atoms with Crippen LogP contribution < -0.4 is 15.4 Å². The van der Waals surface area contributed by atoms with E-state index in [2.05, 4.69) is 17.2 Å². The first-order valence-electron chi connectivity index (χ1n) is 13.1. The maximum atomic E-state index is 12.7. The fourth-order valence-electron chi connectivity index (χ4n) is 4.87. The molecule has 4 atom stereocenters. The normalized spacial score (nSPS) is 17.5. The lowest BCUT2D eigenvalue weighted by Crippen LogP contribution is -2.49. The largest absolute Gasteiger partial charge is 0.497 e. The first-order chi connectivity index (χ1) is 19.4. The number of alkyl carbamates (subject to hydrolysis) is 1. The Labute approximate surface area is 245 Å². The van der Waals surface area contributed by atoms with Gasteiger partial charge in [-0.25, -0.2) is 4.79 Å². The number of rotatable bonds is 13. The van der Waals surface area contributed by atoms with Gasteiger partial charge in [-0.15, -0.1) is 6.58 Å². The monoisotopic (exact) mass is 584 g/mol. The fourth-order valence-corrected chi connectivity index (χ4v) is 5.44. The molecule has 0 saturated heterocycles. The molecular formula is C31H34Cl2N2O5. The number of hydrogen-bond acceptors (Lipinski definition) is 6. The van der Waals surface area contributed by atoms with Crippen molar-refractivity contribution in [3.05, 3.63) is 112 Å². The van der Waals surface area contributed by atoms with Crippen molar-refractivity contribution in [1.82, 2.24) is 10.6 Å². The summed E-state index contributed by atoms with van der Waals surface area (Å²) in [5.41, 5.74) is 3.76. The molecule has 0 heterocycles. The lowest BCUT2D eigenvalue weighted by atomic mass is 10.0. The molecule has 1 aliphatic rings. The van der Waals surface area contributed by atoms with Crippen molar-refractivity contribution in [3.8, 4) is 5.75 Å². The Kier molecular flexibility index (Phi) is 10.9. The minimum Gasteiger partial charge on any atom is -0.497 e. The highest BCUT2D eigenvalue weighted by atomic mass is 35.5. The molecular weight excluding hydrogens is 551 g/mol. The van der Waals surface area contributed by atoms with Gasteiger partial charge in [0, 0.05) is 22.6 Å². The average Bonchev–Trinajstić information content (AvgIpc) is 3.29. The van der Waals surface area contributed by atoms with Gasteiger partial charge in [0.05, 0.1) is 32.0 Å². The first kappa shape index (κ1) is 29.9. The molecule has 3 aromatic carbocycles. The minimum atomic E-state index is -0.954. The topological polar surface area (TPSA) is 89.1 Å². The number of ether oxygens (including phenoxy) is 3. The van der Waals surface area contributed by atoms with Crippen molar-refractivity contribution >= 4 is 29.3 Å². The molecule has 4 rings (SSSR count). The second-order valence-corrected chi connectivity index (χ2v) is 10.5. The Balaban J connectivity index is 1.45. The van der Waals surface area contributed by atoms with Gasteiger partial charge in [0.25, 0.3) is 0 Å². The highest BCUT2D eigenvalue weighted by molar-refractivity contribution is 6.34. The molecule has 0 aromatic heterocycles. The van der Waals surface area contributed by atoms with Crippen LogP contribution in [-0.2, 0) is 22.5 Å². The van der Waals surface area contributed by atoms with E-state index in [0.29, 0.717) is 29.5 Å². The van der Waals surface area contributed by atoms with E-state index in [9.17, 15) is 9.90 Å². The van der Waals surface area contributed by atoms with Gasteiger partial charge >= 0.3 is 6.09 Å². The summed E-state index contributed by atoms with van der Waals surface area (Å²) in [6, 6.07) is 19.7. The molecule has 0 radical (unpaired) electrons. The maximum Gasteiger partial charge on any atom is 0.407 e. The number of carbonyl (C=O) groups is 1. The third-order valence-corrected chi connectivity index (χ3v) is 7.25. The zero-order valence-electron chi connectivity index (χ0n) is 22.3. The molecule has 1 amide bonds. The SMILES string of the molecule is C=CCO[C@@H]1C[C@H](NC[C@@H](O)[C@H](Cc2cc(Cl)cc(Cl)c2)NC(=O)OCc2ccccc2)c2cc(OC)ccc21. The van der Waals surface area contributed by atoms with Crippen LogP contribution in [0.4, 0.5) is 4.79 Å². The zero-order valence-corrected chi connectivity index (χ0v) is 23.8. The van der Waals surface area contributed by atoms with E-state index in [1.165, 1.54) is 0 Å². The predicted molar refractivity (Wildman–Crippen MR) is 157 cm³/mol. The molecule has 0 aliphatic heterocycles. The summed E-state index contributed by atoms with van der Waals surface area (Å²) in [5, 5.41) is 18.5. The number of nitrogens with one attached hydrogen (secondary N) is 2. The van der Waals surface area contributed by atoms with E-state index in [0.717, 1.165) is 28.0 Å². The average molecular weight is 586 g/mol. The highest BCUT2D eigenvalue weighted by Gasteiger charge is 2.33. The van der Waals surface area contributed by atoms with E-state index >= 15 is 0 Å². The number of amides is 1. The van der Waals surface area contributed by atoms with Gasteiger partial charge in [0.2, 0.25) is 0 Å². The zero-order chi connectivity index (χ0) is 28.5. The van der Waals surface area contributed by atoms with Gasteiger partial charge < -0.3 is 30.0 Å². The summed E-state index contributed by atoms with van der Waals surface area (Å²) in [7, 11) is 1.63. The van der Waals surface area contributed by atoms with Crippen LogP contribution in [0.25, 0.3) is 0 Å². The van der Waals surface area contributed by atoms with Crippen molar-refractivity contribution in [2.45, 2.75) is 43.7 Å². The van der Waals surface area contributed by atoms with Crippen LogP contribution in [0.5, 0.6) is 5.75 Å². The van der Waals surface area contributed by atoms with E-state index in [1.807, 2.05) is 48.5 Å². The van der Waals surface area contributed by atoms with Gasteiger partial charge in [-0.2, -0.15) is 0 Å². The highest BCUT2D eigenvalue weighted by Crippen LogP contribution is 2.42. The number of aliphatic hydroxyl groups excluding tert-OH is 1. The lowest BCUT2D eigenvalue weighted by molar-refractivity contribution is 0.0667. The molecule has 0 unspecified atom stereocenters. The molecule has 1 aliphatic carbocycles. The Hall–Kier alpha value is -3.07. The van der Waals surface area contributed by atoms with Crippen LogP contribution in [-0.4, -0.2) is 43.6 Å². The Morgan fingerprint density at radius 3 is 2.52 bits per heavy atom. The Morgan fingerprint density at radius 2 is 1.82 bits per heavy atom. The smallest absolute Gasteiger partial charge is 0.407 e. The maximum absolute atomic E-state index is 12.7. The molecule has 0 spiro atoms. The number of methoxy groups -OCH3 is 1. The first-order valence-corrected chi connectivity index (χ1v) is 13.9. The summed E-state index contributed by atoms with van der Waals surface area (Å²) in [6.07, 6.45) is 1.01. The molecule has 0 fully saturated rings. The number of hydrogen-bond donors (Lipinski definition) is 3. The fraction of sp³-hybridized carbons (Fsp3) is 0.323. The second-order valence-electron chi connectivity index (χ2n) is 9.66. The van der Waals surface area contributed by atoms with E-state index < -0.39 is 18.2 Å². The number of carbonyl (C=O) groups excluding carboxylic acids is 1. The molecule has 212 valence electrons. The van der Waals surface area contributed by atoms with Gasteiger partial charge in [0.1, 0.15) is 12.4 Å². The van der Waals surface area contributed by atoms with Crippen molar-refractivity contribution in [2.24, 2.45) is 0 Å². The standard InChI is InChI=1S/C31H34Cl2N2O5/c1-3-11-39-30-17-27(26-16-24(38-2)9-10-25(26)30)34-18-29(36)28(14-21-12-22(32)15-23(33)13-21)35-31(37)40-19-20-7-5-4-6-8-20/h3-10,12-13,15-16,27-30,34,36H,1,11,14,17-19H2,2H3,(H,35,37)/t27-,28-,29+,30+/m0/s1. The van der Waals surface area contributed by atoms with E-state index in [-0.39, 0.29) is 25.3 Å². The number of halogens is 2. The predicted octanol–water partition coefficient (Wildman–Crippen LogP) is 6.18. The van der Waals surface area contributed by atoms with Crippen LogP contribution >= 0.6 is 23.2 Å². The Bertz CT molecular complexity index is 1270. The quantitative estimate of drug-likeness (QED) is 0.208. The molecule has 3 N–H and O–H groups in total. The molecule has 3 aromatic rings. The minimum absolute atomic E-state index is 0.0825. The molecule has 0 bridgehead atoms. The van der Waals surface area contributed by atoms with Crippen LogP contribution in [0, 0.1) is 0 Å². The van der Waals surface area contributed by atoms with Crippen molar-refractivity contribution in [3.63, 3.8) is 0 Å². The van der Waals surface area contributed by atoms with Gasteiger partial charge in [-0.3, -0.25) is 0 Å².